The van der Waals surface area contributed by atoms with Gasteiger partial charge in [0, 0.05) is 22.7 Å². The lowest BCUT2D eigenvalue weighted by atomic mass is 10.2. The molecular weight excluding hydrogens is 354 g/mol. The second kappa shape index (κ2) is 8.35. The van der Waals surface area contributed by atoms with Crippen LogP contribution in [0.3, 0.4) is 0 Å². The zero-order valence-corrected chi connectivity index (χ0v) is 14.9. The first kappa shape index (κ1) is 17.8. The van der Waals surface area contributed by atoms with E-state index >= 15 is 0 Å². The van der Waals surface area contributed by atoms with E-state index in [1.54, 1.807) is 19.2 Å². The number of aromatic nitrogens is 2. The van der Waals surface area contributed by atoms with E-state index in [4.69, 9.17) is 26.6 Å². The van der Waals surface area contributed by atoms with E-state index in [1.165, 1.54) is 0 Å². The normalized spacial score (nSPS) is 11.4. The van der Waals surface area contributed by atoms with Crippen molar-refractivity contribution in [1.82, 2.24) is 10.1 Å². The second-order valence-electron chi connectivity index (χ2n) is 5.39. The molecule has 8 heteroatoms. The molecule has 0 spiro atoms. The fourth-order valence-corrected chi connectivity index (χ4v) is 2.43. The van der Waals surface area contributed by atoms with Crippen LogP contribution in [0.25, 0.3) is 11.4 Å². The fraction of sp³-hybridized carbons (Fsp3) is 0.167. The lowest BCUT2D eigenvalue weighted by Crippen LogP contribution is -2.23. The van der Waals surface area contributed by atoms with Crippen LogP contribution in [0.1, 0.15) is 5.89 Å². The van der Waals surface area contributed by atoms with Crippen molar-refractivity contribution in [2.75, 3.05) is 19.0 Å². The summed E-state index contributed by atoms with van der Waals surface area (Å²) in [7, 11) is 1.62. The third-order valence-corrected chi connectivity index (χ3v) is 3.76. The van der Waals surface area contributed by atoms with Gasteiger partial charge in [0.1, 0.15) is 5.75 Å². The van der Waals surface area contributed by atoms with Gasteiger partial charge in [0.15, 0.2) is 5.96 Å². The van der Waals surface area contributed by atoms with Crippen LogP contribution in [0.2, 0.25) is 5.02 Å². The van der Waals surface area contributed by atoms with Crippen LogP contribution in [0.15, 0.2) is 58.0 Å². The van der Waals surface area contributed by atoms with E-state index in [2.05, 4.69) is 20.4 Å². The first-order valence-corrected chi connectivity index (χ1v) is 8.31. The van der Waals surface area contributed by atoms with Crippen LogP contribution >= 0.6 is 11.6 Å². The lowest BCUT2D eigenvalue weighted by molar-refractivity contribution is 0.380. The van der Waals surface area contributed by atoms with Gasteiger partial charge < -0.3 is 20.3 Å². The number of nitrogens with zero attached hydrogens (tertiary/aromatic N) is 3. The quantitative estimate of drug-likeness (QED) is 0.509. The predicted octanol–water partition coefficient (Wildman–Crippen LogP) is 3.37. The summed E-state index contributed by atoms with van der Waals surface area (Å²) in [4.78, 5) is 8.60. The van der Waals surface area contributed by atoms with Gasteiger partial charge in [-0.25, -0.2) is 0 Å². The van der Waals surface area contributed by atoms with Crippen molar-refractivity contribution in [2.24, 2.45) is 10.7 Å². The van der Waals surface area contributed by atoms with Crippen molar-refractivity contribution in [3.8, 4) is 17.1 Å². The molecule has 0 saturated carbocycles. The number of aliphatic imine (C=N–C) groups is 1. The molecule has 1 heterocycles. The molecule has 0 bridgehead atoms. The van der Waals surface area contributed by atoms with Crippen molar-refractivity contribution in [2.45, 2.75) is 6.42 Å². The molecule has 0 atom stereocenters. The number of nitrogens with two attached hydrogens (primary N) is 1. The van der Waals surface area contributed by atoms with Crippen LogP contribution in [0, 0.1) is 0 Å². The molecule has 0 aliphatic heterocycles. The first-order chi connectivity index (χ1) is 12.6. The van der Waals surface area contributed by atoms with E-state index < -0.39 is 0 Å². The molecule has 3 N–H and O–H groups in total. The Kier molecular flexibility index (Phi) is 5.70. The zero-order chi connectivity index (χ0) is 18.4. The minimum absolute atomic E-state index is 0.310. The molecule has 2 aromatic carbocycles. The predicted molar refractivity (Wildman–Crippen MR) is 102 cm³/mol. The van der Waals surface area contributed by atoms with Crippen molar-refractivity contribution >= 4 is 23.2 Å². The van der Waals surface area contributed by atoms with E-state index in [0.717, 1.165) is 17.0 Å². The Hall–Kier alpha value is -3.06. The largest absolute Gasteiger partial charge is 0.497 e. The van der Waals surface area contributed by atoms with Gasteiger partial charge >= 0.3 is 0 Å². The summed E-state index contributed by atoms with van der Waals surface area (Å²) in [5.74, 6) is 2.07. The highest BCUT2D eigenvalue weighted by Crippen LogP contribution is 2.20. The zero-order valence-electron chi connectivity index (χ0n) is 14.1. The molecule has 3 rings (SSSR count). The number of nitrogens with one attached hydrogen (secondary N) is 1. The van der Waals surface area contributed by atoms with Crippen molar-refractivity contribution in [3.63, 3.8) is 0 Å². The van der Waals surface area contributed by atoms with E-state index in [0.29, 0.717) is 35.7 Å². The third kappa shape index (κ3) is 4.73. The topological polar surface area (TPSA) is 98.6 Å². The Labute approximate surface area is 155 Å². The van der Waals surface area contributed by atoms with Crippen molar-refractivity contribution < 1.29 is 9.26 Å². The van der Waals surface area contributed by atoms with E-state index in [1.807, 2.05) is 36.4 Å². The van der Waals surface area contributed by atoms with Gasteiger partial charge in [-0.15, -0.1) is 0 Å². The van der Waals surface area contributed by atoms with Gasteiger partial charge in [0.25, 0.3) is 0 Å². The molecule has 0 unspecified atom stereocenters. The Bertz CT molecular complexity index is 893. The highest BCUT2D eigenvalue weighted by molar-refractivity contribution is 6.30. The highest BCUT2D eigenvalue weighted by Gasteiger charge is 2.08. The monoisotopic (exact) mass is 371 g/mol. The van der Waals surface area contributed by atoms with Crippen LogP contribution in [0.4, 0.5) is 5.69 Å². The number of ether oxygens (including phenoxy) is 1. The summed E-state index contributed by atoms with van der Waals surface area (Å²) in [6.45, 7) is 0.423. The molecule has 3 aromatic rings. The Morgan fingerprint density at radius 3 is 2.81 bits per heavy atom. The smallest absolute Gasteiger partial charge is 0.228 e. The van der Waals surface area contributed by atoms with Gasteiger partial charge in [0.05, 0.1) is 13.7 Å². The molecule has 0 radical (unpaired) electrons. The van der Waals surface area contributed by atoms with E-state index in [-0.39, 0.29) is 0 Å². The minimum atomic E-state index is 0.310. The number of methoxy groups -OCH3 is 1. The maximum absolute atomic E-state index is 5.97. The molecule has 0 fully saturated rings. The fourth-order valence-electron chi connectivity index (χ4n) is 2.23. The average molecular weight is 372 g/mol. The number of rotatable bonds is 6. The molecule has 134 valence electrons. The third-order valence-electron chi connectivity index (χ3n) is 3.52. The van der Waals surface area contributed by atoms with Crippen LogP contribution in [0.5, 0.6) is 5.75 Å². The number of guanidine groups is 1. The summed E-state index contributed by atoms with van der Waals surface area (Å²) >= 11 is 5.97. The maximum atomic E-state index is 5.97. The summed E-state index contributed by atoms with van der Waals surface area (Å²) in [5.41, 5.74) is 7.51. The van der Waals surface area contributed by atoms with Gasteiger partial charge in [-0.3, -0.25) is 4.99 Å². The van der Waals surface area contributed by atoms with Crippen molar-refractivity contribution in [3.05, 3.63) is 59.4 Å². The SMILES string of the molecule is COc1ccc(NC(N)=NCCc2nc(-c3cccc(Cl)c3)no2)cc1. The second-order valence-corrected chi connectivity index (χ2v) is 5.83. The van der Waals surface area contributed by atoms with Gasteiger partial charge in [-0.05, 0) is 36.4 Å². The number of hydrogen-bond donors (Lipinski definition) is 2. The number of benzene rings is 2. The Morgan fingerprint density at radius 1 is 1.27 bits per heavy atom. The molecule has 1 aromatic heterocycles. The first-order valence-electron chi connectivity index (χ1n) is 7.93. The molecule has 0 amide bonds. The summed E-state index contributed by atoms with van der Waals surface area (Å²) < 4.78 is 10.3. The molecule has 0 saturated heterocycles. The number of halogens is 1. The van der Waals surface area contributed by atoms with Crippen LogP contribution < -0.4 is 15.8 Å². The number of anilines is 1. The maximum Gasteiger partial charge on any atom is 0.228 e. The average Bonchev–Trinajstić information content (AvgIpc) is 3.11. The minimum Gasteiger partial charge on any atom is -0.497 e. The van der Waals surface area contributed by atoms with Gasteiger partial charge in [-0.2, -0.15) is 4.98 Å². The molecule has 0 aliphatic rings. The summed E-state index contributed by atoms with van der Waals surface area (Å²) in [5, 5.41) is 7.59. The van der Waals surface area contributed by atoms with Crippen LogP contribution in [-0.2, 0) is 6.42 Å². The summed E-state index contributed by atoms with van der Waals surface area (Å²) in [6, 6.07) is 14.7. The summed E-state index contributed by atoms with van der Waals surface area (Å²) in [6.07, 6.45) is 0.485. The molecular formula is C18H18ClN5O2. The Morgan fingerprint density at radius 2 is 2.08 bits per heavy atom. The van der Waals surface area contributed by atoms with Crippen molar-refractivity contribution in [1.29, 1.82) is 0 Å². The molecule has 0 aliphatic carbocycles. The number of hydrogen-bond acceptors (Lipinski definition) is 5. The molecule has 7 nitrogen and oxygen atoms in total. The van der Waals surface area contributed by atoms with Gasteiger partial charge in [0.2, 0.25) is 11.7 Å². The molecule has 26 heavy (non-hydrogen) atoms. The van der Waals surface area contributed by atoms with E-state index in [9.17, 15) is 0 Å². The Balaban J connectivity index is 1.54. The van der Waals surface area contributed by atoms with Gasteiger partial charge in [-0.1, -0.05) is 28.9 Å². The lowest BCUT2D eigenvalue weighted by Gasteiger charge is -2.06. The standard InChI is InChI=1S/C18H18ClN5O2/c1-25-15-7-5-14(6-8-15)22-18(20)21-10-9-16-23-17(24-26-16)12-3-2-4-13(19)11-12/h2-8,11H,9-10H2,1H3,(H3,20,21,22). The van der Waals surface area contributed by atoms with Crippen LogP contribution in [-0.4, -0.2) is 29.8 Å². The highest BCUT2D eigenvalue weighted by atomic mass is 35.5.